The highest BCUT2D eigenvalue weighted by Gasteiger charge is 2.17. The Morgan fingerprint density at radius 2 is 1.86 bits per heavy atom. The normalized spacial score (nSPS) is 11.2. The van der Waals surface area contributed by atoms with Crippen LogP contribution in [0.1, 0.15) is 18.1 Å². The second-order valence-corrected chi connectivity index (χ2v) is 6.43. The maximum Gasteiger partial charge on any atom is 0.262 e. The van der Waals surface area contributed by atoms with Crippen LogP contribution >= 0.6 is 0 Å². The third-order valence-corrected chi connectivity index (χ3v) is 4.68. The molecule has 0 aliphatic rings. The maximum atomic E-state index is 12.5. The van der Waals surface area contributed by atoms with E-state index >= 15 is 0 Å². The molecule has 0 aliphatic heterocycles. The summed E-state index contributed by atoms with van der Waals surface area (Å²) in [5.41, 5.74) is 2.53. The minimum atomic E-state index is -3.63. The second-order valence-electron chi connectivity index (χ2n) is 4.75. The summed E-state index contributed by atoms with van der Waals surface area (Å²) < 4.78 is 32.8. The molecule has 4 nitrogen and oxygen atoms in total. The molecule has 0 aromatic heterocycles. The molecule has 0 unspecified atom stereocenters. The van der Waals surface area contributed by atoms with Gasteiger partial charge in [-0.2, -0.15) is 0 Å². The van der Waals surface area contributed by atoms with Gasteiger partial charge in [0.2, 0.25) is 0 Å². The van der Waals surface area contributed by atoms with Crippen molar-refractivity contribution in [2.45, 2.75) is 25.2 Å². The first-order valence-corrected chi connectivity index (χ1v) is 8.21. The summed E-state index contributed by atoms with van der Waals surface area (Å²) in [5.74, 6) is 0.512. The standard InChI is InChI=1S/C16H19NO3S/c1-4-13-8-5-7-12(2)16(13)17-21(18,19)15-10-6-9-14(11-15)20-3/h5-11,17H,4H2,1-3H3. The predicted molar refractivity (Wildman–Crippen MR) is 84.4 cm³/mol. The van der Waals surface area contributed by atoms with Gasteiger partial charge in [-0.1, -0.05) is 31.2 Å². The Labute approximate surface area is 125 Å². The number of methoxy groups -OCH3 is 1. The largest absolute Gasteiger partial charge is 0.497 e. The van der Waals surface area contributed by atoms with E-state index in [1.807, 2.05) is 32.0 Å². The van der Waals surface area contributed by atoms with Crippen molar-refractivity contribution in [2.24, 2.45) is 0 Å². The molecule has 0 radical (unpaired) electrons. The lowest BCUT2D eigenvalue weighted by Crippen LogP contribution is -2.15. The molecule has 0 spiro atoms. The van der Waals surface area contributed by atoms with Crippen LogP contribution in [0.25, 0.3) is 0 Å². The summed E-state index contributed by atoms with van der Waals surface area (Å²) in [5, 5.41) is 0. The van der Waals surface area contributed by atoms with Gasteiger partial charge in [0.1, 0.15) is 5.75 Å². The monoisotopic (exact) mass is 305 g/mol. The summed E-state index contributed by atoms with van der Waals surface area (Å²) in [6.07, 6.45) is 0.762. The molecule has 112 valence electrons. The number of anilines is 1. The molecular formula is C16H19NO3S. The molecule has 0 aliphatic carbocycles. The van der Waals surface area contributed by atoms with Crippen molar-refractivity contribution < 1.29 is 13.2 Å². The number of hydrogen-bond acceptors (Lipinski definition) is 3. The molecule has 0 saturated carbocycles. The second kappa shape index (κ2) is 6.18. The summed E-state index contributed by atoms with van der Waals surface area (Å²) in [6.45, 7) is 3.89. The molecule has 0 saturated heterocycles. The van der Waals surface area contributed by atoms with Crippen molar-refractivity contribution in [1.82, 2.24) is 0 Å². The quantitative estimate of drug-likeness (QED) is 0.921. The zero-order chi connectivity index (χ0) is 15.5. The molecule has 0 bridgehead atoms. The van der Waals surface area contributed by atoms with Crippen LogP contribution in [-0.2, 0) is 16.4 Å². The number of hydrogen-bond donors (Lipinski definition) is 1. The minimum Gasteiger partial charge on any atom is -0.497 e. The lowest BCUT2D eigenvalue weighted by molar-refractivity contribution is 0.413. The van der Waals surface area contributed by atoms with E-state index in [1.54, 1.807) is 18.2 Å². The van der Waals surface area contributed by atoms with E-state index in [9.17, 15) is 8.42 Å². The molecule has 0 amide bonds. The van der Waals surface area contributed by atoms with Crippen molar-refractivity contribution in [3.05, 3.63) is 53.6 Å². The maximum absolute atomic E-state index is 12.5. The van der Waals surface area contributed by atoms with Crippen LogP contribution in [0, 0.1) is 6.92 Å². The Balaban J connectivity index is 2.42. The molecule has 2 aromatic carbocycles. The van der Waals surface area contributed by atoms with Gasteiger partial charge in [0.25, 0.3) is 10.0 Å². The lowest BCUT2D eigenvalue weighted by atomic mass is 10.1. The van der Waals surface area contributed by atoms with E-state index in [-0.39, 0.29) is 4.90 Å². The van der Waals surface area contributed by atoms with Crippen molar-refractivity contribution in [1.29, 1.82) is 0 Å². The molecular weight excluding hydrogens is 286 g/mol. The van der Waals surface area contributed by atoms with Gasteiger partial charge in [0, 0.05) is 6.07 Å². The Hall–Kier alpha value is -2.01. The van der Waals surface area contributed by atoms with Crippen LogP contribution in [0.3, 0.4) is 0 Å². The molecule has 2 aromatic rings. The number of benzene rings is 2. The van der Waals surface area contributed by atoms with E-state index in [0.717, 1.165) is 17.5 Å². The first-order valence-electron chi connectivity index (χ1n) is 6.73. The van der Waals surface area contributed by atoms with Crippen LogP contribution in [0.4, 0.5) is 5.69 Å². The number of rotatable bonds is 5. The predicted octanol–water partition coefficient (Wildman–Crippen LogP) is 3.37. The summed E-state index contributed by atoms with van der Waals surface area (Å²) in [6, 6.07) is 12.2. The lowest BCUT2D eigenvalue weighted by Gasteiger charge is -2.14. The van der Waals surface area contributed by atoms with E-state index in [4.69, 9.17) is 4.74 Å². The number of nitrogens with one attached hydrogen (secondary N) is 1. The topological polar surface area (TPSA) is 55.4 Å². The van der Waals surface area contributed by atoms with E-state index < -0.39 is 10.0 Å². The van der Waals surface area contributed by atoms with Crippen molar-refractivity contribution in [2.75, 3.05) is 11.8 Å². The van der Waals surface area contributed by atoms with Crippen LogP contribution < -0.4 is 9.46 Å². The minimum absolute atomic E-state index is 0.187. The van der Waals surface area contributed by atoms with E-state index in [2.05, 4.69) is 4.72 Å². The van der Waals surface area contributed by atoms with Gasteiger partial charge >= 0.3 is 0 Å². The molecule has 0 atom stereocenters. The average molecular weight is 305 g/mol. The van der Waals surface area contributed by atoms with Gasteiger partial charge in [-0.05, 0) is 36.6 Å². The van der Waals surface area contributed by atoms with E-state index in [1.165, 1.54) is 13.2 Å². The van der Waals surface area contributed by atoms with Crippen molar-refractivity contribution >= 4 is 15.7 Å². The Kier molecular flexibility index (Phi) is 4.53. The van der Waals surface area contributed by atoms with Crippen LogP contribution in [0.2, 0.25) is 0 Å². The average Bonchev–Trinajstić information content (AvgIpc) is 2.49. The smallest absolute Gasteiger partial charge is 0.262 e. The molecule has 1 N–H and O–H groups in total. The van der Waals surface area contributed by atoms with Crippen LogP contribution in [0.15, 0.2) is 47.4 Å². The van der Waals surface area contributed by atoms with Gasteiger partial charge in [0.05, 0.1) is 17.7 Å². The highest BCUT2D eigenvalue weighted by Crippen LogP contribution is 2.25. The fraction of sp³-hybridized carbons (Fsp3) is 0.250. The first-order chi connectivity index (χ1) is 9.97. The third-order valence-electron chi connectivity index (χ3n) is 3.33. The van der Waals surface area contributed by atoms with Crippen LogP contribution in [0.5, 0.6) is 5.75 Å². The fourth-order valence-electron chi connectivity index (χ4n) is 2.13. The van der Waals surface area contributed by atoms with Gasteiger partial charge < -0.3 is 4.74 Å². The van der Waals surface area contributed by atoms with Crippen molar-refractivity contribution in [3.63, 3.8) is 0 Å². The number of ether oxygens (including phenoxy) is 1. The van der Waals surface area contributed by atoms with Gasteiger partial charge in [-0.15, -0.1) is 0 Å². The molecule has 21 heavy (non-hydrogen) atoms. The zero-order valence-electron chi connectivity index (χ0n) is 12.4. The molecule has 5 heteroatoms. The Morgan fingerprint density at radius 3 is 2.52 bits per heavy atom. The fourth-order valence-corrected chi connectivity index (χ4v) is 3.34. The van der Waals surface area contributed by atoms with Gasteiger partial charge in [-0.3, -0.25) is 4.72 Å². The van der Waals surface area contributed by atoms with E-state index in [0.29, 0.717) is 11.4 Å². The summed E-state index contributed by atoms with van der Waals surface area (Å²) in [4.78, 5) is 0.187. The van der Waals surface area contributed by atoms with Crippen LogP contribution in [-0.4, -0.2) is 15.5 Å². The summed E-state index contributed by atoms with van der Waals surface area (Å²) >= 11 is 0. The Morgan fingerprint density at radius 1 is 1.14 bits per heavy atom. The highest BCUT2D eigenvalue weighted by atomic mass is 32.2. The van der Waals surface area contributed by atoms with Gasteiger partial charge in [-0.25, -0.2) is 8.42 Å². The summed E-state index contributed by atoms with van der Waals surface area (Å²) in [7, 11) is -2.12. The highest BCUT2D eigenvalue weighted by molar-refractivity contribution is 7.92. The zero-order valence-corrected chi connectivity index (χ0v) is 13.2. The number of para-hydroxylation sites is 1. The number of sulfonamides is 1. The Bertz CT molecular complexity index is 739. The first kappa shape index (κ1) is 15.4. The third kappa shape index (κ3) is 3.36. The number of aryl methyl sites for hydroxylation is 2. The SMILES string of the molecule is CCc1cccc(C)c1NS(=O)(=O)c1cccc(OC)c1. The van der Waals surface area contributed by atoms with Gasteiger partial charge in [0.15, 0.2) is 0 Å². The molecule has 2 rings (SSSR count). The molecule has 0 fully saturated rings. The molecule has 0 heterocycles. The van der Waals surface area contributed by atoms with Crippen molar-refractivity contribution in [3.8, 4) is 5.75 Å².